The summed E-state index contributed by atoms with van der Waals surface area (Å²) in [6.45, 7) is 6.11. The van der Waals surface area contributed by atoms with Gasteiger partial charge in [0.25, 0.3) is 5.56 Å². The standard InChI is InChI=1S/C17H19N3OS/c1-17(2,3)14-9-15(21)20(4)16(19-14)22-11-13-8-6-5-7-12(13)10-18/h5-9H,11H2,1-4H3. The molecule has 0 fully saturated rings. The number of rotatable bonds is 3. The van der Waals surface area contributed by atoms with Crippen LogP contribution in [-0.4, -0.2) is 9.55 Å². The molecule has 114 valence electrons. The summed E-state index contributed by atoms with van der Waals surface area (Å²) >= 11 is 1.47. The van der Waals surface area contributed by atoms with Crippen molar-refractivity contribution >= 4 is 11.8 Å². The fraction of sp³-hybridized carbons (Fsp3) is 0.353. The molecule has 0 aliphatic heterocycles. The minimum Gasteiger partial charge on any atom is -0.291 e. The molecular formula is C17H19N3OS. The van der Waals surface area contributed by atoms with Gasteiger partial charge in [0.15, 0.2) is 5.16 Å². The Balaban J connectivity index is 2.32. The van der Waals surface area contributed by atoms with Gasteiger partial charge in [0.2, 0.25) is 0 Å². The van der Waals surface area contributed by atoms with E-state index in [2.05, 4.69) is 11.1 Å². The molecule has 0 bridgehead atoms. The minimum atomic E-state index is -0.173. The molecule has 0 saturated heterocycles. The Morgan fingerprint density at radius 2 is 2.00 bits per heavy atom. The second-order valence-electron chi connectivity index (χ2n) is 6.13. The summed E-state index contributed by atoms with van der Waals surface area (Å²) in [6, 6.07) is 11.3. The van der Waals surface area contributed by atoms with E-state index >= 15 is 0 Å². The second kappa shape index (κ2) is 6.37. The Morgan fingerprint density at radius 1 is 1.32 bits per heavy atom. The van der Waals surface area contributed by atoms with Crippen molar-refractivity contribution in [1.29, 1.82) is 5.26 Å². The SMILES string of the molecule is Cn1c(SCc2ccccc2C#N)nc(C(C)(C)C)cc1=O. The Kier molecular flexibility index (Phi) is 4.72. The van der Waals surface area contributed by atoms with Crippen LogP contribution in [0.3, 0.4) is 0 Å². The van der Waals surface area contributed by atoms with Gasteiger partial charge in [0.1, 0.15) is 0 Å². The summed E-state index contributed by atoms with van der Waals surface area (Å²) in [4.78, 5) is 16.7. The van der Waals surface area contributed by atoms with E-state index in [1.54, 1.807) is 23.7 Å². The molecule has 2 aromatic rings. The Hall–Kier alpha value is -2.06. The van der Waals surface area contributed by atoms with E-state index in [1.807, 2.05) is 39.0 Å². The van der Waals surface area contributed by atoms with Crippen molar-refractivity contribution in [2.45, 2.75) is 37.1 Å². The van der Waals surface area contributed by atoms with Gasteiger partial charge in [-0.15, -0.1) is 0 Å². The molecule has 0 radical (unpaired) electrons. The second-order valence-corrected chi connectivity index (χ2v) is 7.07. The van der Waals surface area contributed by atoms with Crippen molar-refractivity contribution in [3.05, 3.63) is 57.5 Å². The number of thioether (sulfide) groups is 1. The predicted octanol–water partition coefficient (Wildman–Crippen LogP) is 3.24. The van der Waals surface area contributed by atoms with E-state index in [-0.39, 0.29) is 11.0 Å². The Bertz CT molecular complexity index is 782. The highest BCUT2D eigenvalue weighted by molar-refractivity contribution is 7.98. The van der Waals surface area contributed by atoms with Crippen LogP contribution in [-0.2, 0) is 18.2 Å². The molecule has 0 atom stereocenters. The molecule has 2 rings (SSSR count). The van der Waals surface area contributed by atoms with E-state index in [0.717, 1.165) is 11.3 Å². The lowest BCUT2D eigenvalue weighted by atomic mass is 9.92. The fourth-order valence-corrected chi connectivity index (χ4v) is 2.91. The molecule has 22 heavy (non-hydrogen) atoms. The minimum absolute atomic E-state index is 0.0593. The molecule has 0 amide bonds. The lowest BCUT2D eigenvalue weighted by Crippen LogP contribution is -2.25. The summed E-state index contributed by atoms with van der Waals surface area (Å²) in [7, 11) is 1.72. The van der Waals surface area contributed by atoms with Gasteiger partial charge in [-0.2, -0.15) is 5.26 Å². The number of hydrogen-bond acceptors (Lipinski definition) is 4. The van der Waals surface area contributed by atoms with Crippen molar-refractivity contribution in [1.82, 2.24) is 9.55 Å². The van der Waals surface area contributed by atoms with Crippen LogP contribution in [0.2, 0.25) is 0 Å². The number of nitriles is 1. The number of nitrogens with zero attached hydrogens (tertiary/aromatic N) is 3. The molecule has 5 heteroatoms. The molecular weight excluding hydrogens is 294 g/mol. The zero-order chi connectivity index (χ0) is 16.3. The summed E-state index contributed by atoms with van der Waals surface area (Å²) in [6.07, 6.45) is 0. The molecule has 4 nitrogen and oxygen atoms in total. The maximum absolute atomic E-state index is 12.1. The van der Waals surface area contributed by atoms with E-state index in [4.69, 9.17) is 5.26 Å². The van der Waals surface area contributed by atoms with Crippen molar-refractivity contribution in [3.8, 4) is 6.07 Å². The van der Waals surface area contributed by atoms with Crippen molar-refractivity contribution < 1.29 is 0 Å². The summed E-state index contributed by atoms with van der Waals surface area (Å²) in [5.74, 6) is 0.609. The lowest BCUT2D eigenvalue weighted by molar-refractivity contribution is 0.542. The number of hydrogen-bond donors (Lipinski definition) is 0. The summed E-state index contributed by atoms with van der Waals surface area (Å²) in [5.41, 5.74) is 2.16. The molecule has 0 spiro atoms. The fourth-order valence-electron chi connectivity index (χ4n) is 1.93. The zero-order valence-corrected chi connectivity index (χ0v) is 14.1. The van der Waals surface area contributed by atoms with Crippen LogP contribution < -0.4 is 5.56 Å². The van der Waals surface area contributed by atoms with E-state index < -0.39 is 0 Å². The topological polar surface area (TPSA) is 58.7 Å². The molecule has 0 aliphatic carbocycles. The normalized spacial score (nSPS) is 11.2. The average Bonchev–Trinajstić information content (AvgIpc) is 2.47. The molecule has 0 unspecified atom stereocenters. The summed E-state index contributed by atoms with van der Waals surface area (Å²) in [5, 5.41) is 9.81. The quantitative estimate of drug-likeness (QED) is 0.645. The van der Waals surface area contributed by atoms with Gasteiger partial charge in [-0.3, -0.25) is 9.36 Å². The van der Waals surface area contributed by atoms with Gasteiger partial charge < -0.3 is 0 Å². The highest BCUT2D eigenvalue weighted by Crippen LogP contribution is 2.25. The monoisotopic (exact) mass is 313 g/mol. The molecule has 0 N–H and O–H groups in total. The van der Waals surface area contributed by atoms with Gasteiger partial charge >= 0.3 is 0 Å². The van der Waals surface area contributed by atoms with Gasteiger partial charge in [0, 0.05) is 24.3 Å². The molecule has 1 heterocycles. The van der Waals surface area contributed by atoms with Gasteiger partial charge in [-0.05, 0) is 11.6 Å². The van der Waals surface area contributed by atoms with E-state index in [0.29, 0.717) is 16.5 Å². The number of benzene rings is 1. The first kappa shape index (κ1) is 16.3. The van der Waals surface area contributed by atoms with E-state index in [9.17, 15) is 4.79 Å². The highest BCUT2D eigenvalue weighted by Gasteiger charge is 2.18. The van der Waals surface area contributed by atoms with Crippen LogP contribution in [0.4, 0.5) is 0 Å². The van der Waals surface area contributed by atoms with Crippen LogP contribution in [0.25, 0.3) is 0 Å². The average molecular weight is 313 g/mol. The van der Waals surface area contributed by atoms with Crippen LogP contribution in [0.5, 0.6) is 0 Å². The predicted molar refractivity (Wildman–Crippen MR) is 88.9 cm³/mol. The van der Waals surface area contributed by atoms with Gasteiger partial charge in [-0.1, -0.05) is 50.7 Å². The van der Waals surface area contributed by atoms with Crippen LogP contribution in [0.15, 0.2) is 40.3 Å². The number of aromatic nitrogens is 2. The Labute approximate surface area is 134 Å². The highest BCUT2D eigenvalue weighted by atomic mass is 32.2. The third-order valence-corrected chi connectivity index (χ3v) is 4.44. The third kappa shape index (κ3) is 3.58. The van der Waals surface area contributed by atoms with Crippen LogP contribution >= 0.6 is 11.8 Å². The molecule has 1 aromatic carbocycles. The third-order valence-electron chi connectivity index (χ3n) is 3.36. The van der Waals surface area contributed by atoms with Crippen molar-refractivity contribution in [2.24, 2.45) is 7.05 Å². The summed E-state index contributed by atoms with van der Waals surface area (Å²) < 4.78 is 1.55. The van der Waals surface area contributed by atoms with Crippen LogP contribution in [0, 0.1) is 11.3 Å². The maximum Gasteiger partial charge on any atom is 0.254 e. The van der Waals surface area contributed by atoms with E-state index in [1.165, 1.54) is 11.8 Å². The Morgan fingerprint density at radius 3 is 2.64 bits per heavy atom. The van der Waals surface area contributed by atoms with Crippen molar-refractivity contribution in [2.75, 3.05) is 0 Å². The smallest absolute Gasteiger partial charge is 0.254 e. The molecule has 1 aromatic heterocycles. The molecule has 0 saturated carbocycles. The first-order valence-corrected chi connectivity index (χ1v) is 8.01. The zero-order valence-electron chi connectivity index (χ0n) is 13.3. The largest absolute Gasteiger partial charge is 0.291 e. The van der Waals surface area contributed by atoms with Gasteiger partial charge in [0.05, 0.1) is 17.3 Å². The molecule has 0 aliphatic rings. The maximum atomic E-state index is 12.1. The first-order chi connectivity index (χ1) is 10.3. The van der Waals surface area contributed by atoms with Gasteiger partial charge in [-0.25, -0.2) is 4.98 Å². The van der Waals surface area contributed by atoms with Crippen LogP contribution in [0.1, 0.15) is 37.6 Å². The first-order valence-electron chi connectivity index (χ1n) is 7.02. The lowest BCUT2D eigenvalue weighted by Gasteiger charge is -2.19. The van der Waals surface area contributed by atoms with Crippen molar-refractivity contribution in [3.63, 3.8) is 0 Å².